The normalized spacial score (nSPS) is 15.3. The van der Waals surface area contributed by atoms with Crippen LogP contribution in [0.5, 0.6) is 0 Å². The van der Waals surface area contributed by atoms with E-state index in [1.807, 2.05) is 0 Å². The third-order valence-corrected chi connectivity index (χ3v) is 2.14. The number of nitro groups is 1. The Labute approximate surface area is 96.6 Å². The number of amidine groups is 1. The largest absolute Gasteiger partial charge is 0.386 e. The van der Waals surface area contributed by atoms with Crippen molar-refractivity contribution in [2.75, 3.05) is 6.54 Å². The Balaban J connectivity index is 2.04. The maximum Gasteiger partial charge on any atom is 0.269 e. The molecule has 0 aromatic heterocycles. The van der Waals surface area contributed by atoms with Gasteiger partial charge in [-0.3, -0.25) is 10.1 Å². The van der Waals surface area contributed by atoms with Crippen LogP contribution < -0.4 is 5.73 Å². The molecule has 0 fully saturated rings. The predicted molar refractivity (Wildman–Crippen MR) is 60.6 cm³/mol. The number of hydrazone groups is 1. The van der Waals surface area contributed by atoms with Gasteiger partial charge in [-0.25, -0.2) is 0 Å². The van der Waals surface area contributed by atoms with Crippen LogP contribution in [0.15, 0.2) is 39.7 Å². The fourth-order valence-corrected chi connectivity index (χ4v) is 1.27. The second-order valence-corrected chi connectivity index (χ2v) is 3.40. The van der Waals surface area contributed by atoms with Crippen molar-refractivity contribution in [3.05, 3.63) is 34.4 Å². The maximum atomic E-state index is 10.4. The van der Waals surface area contributed by atoms with Crippen LogP contribution in [0.2, 0.25) is 0 Å². The molecular weight excluding hydrogens is 224 g/mol. The van der Waals surface area contributed by atoms with Gasteiger partial charge in [0, 0.05) is 18.6 Å². The maximum absolute atomic E-state index is 10.4. The second-order valence-electron chi connectivity index (χ2n) is 3.40. The molecule has 0 radical (unpaired) electrons. The van der Waals surface area contributed by atoms with E-state index in [1.165, 1.54) is 29.4 Å². The molecule has 88 valence electrons. The average molecular weight is 234 g/mol. The van der Waals surface area contributed by atoms with E-state index < -0.39 is 4.92 Å². The molecule has 1 aliphatic rings. The lowest BCUT2D eigenvalue weighted by Gasteiger charge is -2.01. The Bertz CT molecular complexity index is 481. The van der Waals surface area contributed by atoms with Crippen LogP contribution in [0.1, 0.15) is 6.42 Å². The minimum Gasteiger partial charge on any atom is -0.386 e. The lowest BCUT2D eigenvalue weighted by molar-refractivity contribution is -0.384. The first-order chi connectivity index (χ1) is 8.15. The molecule has 8 nitrogen and oxygen atoms in total. The number of nitrogens with zero attached hydrogens (tertiary/aromatic N) is 5. The van der Waals surface area contributed by atoms with Crippen molar-refractivity contribution < 1.29 is 4.92 Å². The van der Waals surface area contributed by atoms with E-state index >= 15 is 0 Å². The summed E-state index contributed by atoms with van der Waals surface area (Å²) in [5.41, 5.74) is 6.02. The summed E-state index contributed by atoms with van der Waals surface area (Å²) in [6.07, 6.45) is 0.666. The first kappa shape index (κ1) is 11.0. The van der Waals surface area contributed by atoms with Gasteiger partial charge in [-0.15, -0.1) is 10.2 Å². The molecule has 0 saturated heterocycles. The molecule has 0 aliphatic carbocycles. The lowest BCUT2D eigenvalue weighted by atomic mass is 10.3. The summed E-state index contributed by atoms with van der Waals surface area (Å²) >= 11 is 0. The van der Waals surface area contributed by atoms with Gasteiger partial charge in [0.25, 0.3) is 5.69 Å². The number of hydrogen-bond acceptors (Lipinski definition) is 6. The van der Waals surface area contributed by atoms with Crippen molar-refractivity contribution >= 4 is 17.2 Å². The number of rotatable bonds is 3. The van der Waals surface area contributed by atoms with Crippen molar-refractivity contribution in [1.82, 2.24) is 5.12 Å². The molecule has 0 saturated carbocycles. The number of hydrogen-bond donors (Lipinski definition) is 1. The van der Waals surface area contributed by atoms with Gasteiger partial charge in [0.1, 0.15) is 5.84 Å². The Morgan fingerprint density at radius 2 is 2.12 bits per heavy atom. The first-order valence-corrected chi connectivity index (χ1v) is 4.92. The minimum absolute atomic E-state index is 0.0207. The van der Waals surface area contributed by atoms with Gasteiger partial charge in [0.05, 0.1) is 17.2 Å². The molecule has 2 rings (SSSR count). The van der Waals surface area contributed by atoms with Gasteiger partial charge in [-0.1, -0.05) is 0 Å². The highest BCUT2D eigenvalue weighted by Gasteiger charge is 2.10. The van der Waals surface area contributed by atoms with Crippen LogP contribution in [0.3, 0.4) is 0 Å². The molecule has 1 heterocycles. The van der Waals surface area contributed by atoms with Gasteiger partial charge in [0.15, 0.2) is 0 Å². The van der Waals surface area contributed by atoms with Gasteiger partial charge in [-0.05, 0) is 17.4 Å². The van der Waals surface area contributed by atoms with Crippen molar-refractivity contribution in [3.8, 4) is 0 Å². The molecule has 2 N–H and O–H groups in total. The quantitative estimate of drug-likeness (QED) is 0.486. The molecule has 0 atom stereocenters. The first-order valence-electron chi connectivity index (χ1n) is 4.92. The minimum atomic E-state index is -0.466. The zero-order valence-corrected chi connectivity index (χ0v) is 8.85. The van der Waals surface area contributed by atoms with Crippen molar-refractivity contribution in [1.29, 1.82) is 0 Å². The van der Waals surface area contributed by atoms with E-state index in [0.29, 0.717) is 24.5 Å². The van der Waals surface area contributed by atoms with E-state index in [-0.39, 0.29) is 5.69 Å². The molecule has 1 aliphatic heterocycles. The summed E-state index contributed by atoms with van der Waals surface area (Å²) in [5.74, 6) is 0.521. The summed E-state index contributed by atoms with van der Waals surface area (Å²) in [5, 5.41) is 23.4. The average Bonchev–Trinajstić information content (AvgIpc) is 2.73. The summed E-state index contributed by atoms with van der Waals surface area (Å²) in [6, 6.07) is 5.78. The predicted octanol–water partition coefficient (Wildman–Crippen LogP) is 1.57. The highest BCUT2D eigenvalue weighted by atomic mass is 16.6. The van der Waals surface area contributed by atoms with E-state index in [0.717, 1.165) is 0 Å². The van der Waals surface area contributed by atoms with Gasteiger partial charge < -0.3 is 5.73 Å². The molecule has 17 heavy (non-hydrogen) atoms. The Hall–Kier alpha value is -2.51. The second kappa shape index (κ2) is 4.56. The van der Waals surface area contributed by atoms with Crippen molar-refractivity contribution in [2.24, 2.45) is 21.2 Å². The molecular formula is C9H10N6O2. The standard InChI is InChI=1S/C9H10N6O2/c10-9-5-6-14(12-9)13-11-7-1-3-8(4-2-7)15(16)17/h1-4H,5-6H2,(H2,10,12). The smallest absolute Gasteiger partial charge is 0.269 e. The Morgan fingerprint density at radius 3 is 2.65 bits per heavy atom. The number of benzene rings is 1. The summed E-state index contributed by atoms with van der Waals surface area (Å²) < 4.78 is 0. The molecule has 0 amide bonds. The fraction of sp³-hybridized carbons (Fsp3) is 0.222. The third-order valence-electron chi connectivity index (χ3n) is 2.14. The number of nitro benzene ring substituents is 1. The molecule has 1 aromatic rings. The van der Waals surface area contributed by atoms with E-state index in [4.69, 9.17) is 5.73 Å². The zero-order valence-electron chi connectivity index (χ0n) is 8.85. The van der Waals surface area contributed by atoms with E-state index in [9.17, 15) is 10.1 Å². The molecule has 0 unspecified atom stereocenters. The SMILES string of the molecule is NC1=NN(N=Nc2ccc([N+](=O)[O-])cc2)CC1. The number of nitrogens with two attached hydrogens (primary N) is 1. The van der Waals surface area contributed by atoms with Gasteiger partial charge in [0.2, 0.25) is 0 Å². The van der Waals surface area contributed by atoms with Crippen LogP contribution in [-0.4, -0.2) is 22.4 Å². The highest BCUT2D eigenvalue weighted by Crippen LogP contribution is 2.18. The molecule has 8 heteroatoms. The van der Waals surface area contributed by atoms with Crippen LogP contribution in [-0.2, 0) is 0 Å². The molecule has 0 bridgehead atoms. The third kappa shape index (κ3) is 2.74. The van der Waals surface area contributed by atoms with Gasteiger partial charge >= 0.3 is 0 Å². The zero-order chi connectivity index (χ0) is 12.3. The van der Waals surface area contributed by atoms with Crippen LogP contribution >= 0.6 is 0 Å². The van der Waals surface area contributed by atoms with E-state index in [1.54, 1.807) is 0 Å². The Kier molecular flexibility index (Phi) is 2.95. The monoisotopic (exact) mass is 234 g/mol. The molecule has 1 aromatic carbocycles. The summed E-state index contributed by atoms with van der Waals surface area (Å²) in [6.45, 7) is 0.600. The summed E-state index contributed by atoms with van der Waals surface area (Å²) in [7, 11) is 0. The van der Waals surface area contributed by atoms with E-state index in [2.05, 4.69) is 15.4 Å². The number of non-ortho nitro benzene ring substituents is 1. The highest BCUT2D eigenvalue weighted by molar-refractivity contribution is 5.81. The fourth-order valence-electron chi connectivity index (χ4n) is 1.27. The summed E-state index contributed by atoms with van der Waals surface area (Å²) in [4.78, 5) is 9.96. The van der Waals surface area contributed by atoms with Crippen LogP contribution in [0.25, 0.3) is 0 Å². The van der Waals surface area contributed by atoms with Crippen molar-refractivity contribution in [3.63, 3.8) is 0 Å². The van der Waals surface area contributed by atoms with Gasteiger partial charge in [-0.2, -0.15) is 5.12 Å². The molecule has 0 spiro atoms. The lowest BCUT2D eigenvalue weighted by Crippen LogP contribution is -2.06. The topological polar surface area (TPSA) is 109 Å². The van der Waals surface area contributed by atoms with Crippen LogP contribution in [0.4, 0.5) is 11.4 Å². The van der Waals surface area contributed by atoms with Crippen LogP contribution in [0, 0.1) is 10.1 Å². The van der Waals surface area contributed by atoms with Crippen molar-refractivity contribution in [2.45, 2.75) is 6.42 Å². The Morgan fingerprint density at radius 1 is 1.41 bits per heavy atom.